The Bertz CT molecular complexity index is 1690. The molecule has 0 aromatic carbocycles. The third-order valence-corrected chi connectivity index (χ3v) is 13.7. The van der Waals surface area contributed by atoms with E-state index < -0.39 is 242 Å². The van der Waals surface area contributed by atoms with Gasteiger partial charge in [0.1, 0.15) is 153 Å². The molecule has 33 nitrogen and oxygen atoms in total. The second-order valence-corrected chi connectivity index (χ2v) is 18.7. The van der Waals surface area contributed by atoms with Crippen LogP contribution in [0.1, 0.15) is 6.92 Å². The monoisotopic (exact) mass is 1080 g/mol. The highest BCUT2D eigenvalue weighted by atomic mass is 16.8. The molecule has 0 aromatic heterocycles. The fourth-order valence-corrected chi connectivity index (χ4v) is 9.14. The maximum Gasteiger partial charge on any atom is 0.187 e. The summed E-state index contributed by atoms with van der Waals surface area (Å²) in [6, 6.07) is 0. The van der Waals surface area contributed by atoms with Gasteiger partial charge in [0, 0.05) is 0 Å². The second-order valence-electron chi connectivity index (χ2n) is 18.7. The van der Waals surface area contributed by atoms with Crippen LogP contribution in [0.2, 0.25) is 0 Å². The third-order valence-electron chi connectivity index (χ3n) is 13.7. The minimum atomic E-state index is -2.24. The Hall–Kier alpha value is -1.32. The van der Waals surface area contributed by atoms with Gasteiger partial charge >= 0.3 is 0 Å². The number of ether oxygens (including phenoxy) is 13. The predicted octanol–water partition coefficient (Wildman–Crippen LogP) is -14.0. The molecule has 426 valence electrons. The summed E-state index contributed by atoms with van der Waals surface area (Å²) in [6.07, 6.45) is -61.9. The lowest BCUT2D eigenvalue weighted by atomic mass is 9.96. The van der Waals surface area contributed by atoms with E-state index in [-0.39, 0.29) is 0 Å². The lowest BCUT2D eigenvalue weighted by Gasteiger charge is -2.49. The van der Waals surface area contributed by atoms with Crippen LogP contribution < -0.4 is 0 Å². The molecule has 73 heavy (non-hydrogen) atoms. The third kappa shape index (κ3) is 12.6. The van der Waals surface area contributed by atoms with E-state index in [1.165, 1.54) is 6.92 Å². The van der Waals surface area contributed by atoms with Crippen molar-refractivity contribution in [1.82, 2.24) is 0 Å². The zero-order valence-corrected chi connectivity index (χ0v) is 38.5. The van der Waals surface area contributed by atoms with Crippen molar-refractivity contribution >= 4 is 0 Å². The lowest BCUT2D eigenvalue weighted by molar-refractivity contribution is -0.394. The van der Waals surface area contributed by atoms with Gasteiger partial charge in [0.15, 0.2) is 44.0 Å². The normalized spacial score (nSPS) is 54.3. The van der Waals surface area contributed by atoms with E-state index >= 15 is 0 Å². The van der Waals surface area contributed by atoms with Crippen molar-refractivity contribution < 1.29 is 164 Å². The van der Waals surface area contributed by atoms with Crippen molar-refractivity contribution in [2.24, 2.45) is 0 Å². The van der Waals surface area contributed by atoms with Crippen molar-refractivity contribution in [3.63, 3.8) is 0 Å². The summed E-state index contributed by atoms with van der Waals surface area (Å²) in [4.78, 5) is 0. The van der Waals surface area contributed by atoms with E-state index in [0.717, 1.165) is 0 Å². The van der Waals surface area contributed by atoms with E-state index in [1.54, 1.807) is 0 Å². The van der Waals surface area contributed by atoms with Crippen LogP contribution in [0.3, 0.4) is 0 Å². The molecule has 0 saturated carbocycles. The van der Waals surface area contributed by atoms with Crippen LogP contribution in [-0.4, -0.2) is 345 Å². The van der Waals surface area contributed by atoms with E-state index in [9.17, 15) is 102 Å². The Kier molecular flexibility index (Phi) is 20.5. The highest BCUT2D eigenvalue weighted by molar-refractivity contribution is 4.99. The second kappa shape index (κ2) is 25.2. The van der Waals surface area contributed by atoms with Gasteiger partial charge in [-0.05, 0) is 6.92 Å². The molecular weight excluding hydrogens is 1010 g/mol. The molecule has 33 heteroatoms. The standard InChI is InChI=1S/C40H68O33/c1-8-15(45)20(50)27(57)36(65-8)72-33-22(52)18(48)11(2-41)67-40(33)73-32-17(47)10(44)5-62-39(32)64-7-14-31(24(54)29(59)38(69-14)70-30-12(3-42)66-34(60)25(55)23(30)53)71-37-28(58)21(51)19(49)13(68-37)6-63-35-26(56)16(46)9(43)4-61-35/h8-60H,2-7H2,1H3/t8-,9+,10+,11+,12+,13+,14+,15+,16-,17-,18-,19+,20+,21-,22-,23+,24+,25+,26+,27-,28+,29+,30+,31+,32+,33+,34?,35+,36-,37-,38-,39+,40-/m0/s1. The zero-order chi connectivity index (χ0) is 53.5. The Labute approximate surface area is 412 Å². The van der Waals surface area contributed by atoms with Gasteiger partial charge < -0.3 is 164 Å². The van der Waals surface area contributed by atoms with Gasteiger partial charge in [-0.2, -0.15) is 0 Å². The van der Waals surface area contributed by atoms with Crippen LogP contribution >= 0.6 is 0 Å². The molecule has 20 N–H and O–H groups in total. The molecular formula is C40H68O33. The Balaban J connectivity index is 1.13. The number of aliphatic hydroxyl groups is 20. The summed E-state index contributed by atoms with van der Waals surface area (Å²) in [5.74, 6) is 0. The van der Waals surface area contributed by atoms with Gasteiger partial charge in [-0.1, -0.05) is 0 Å². The number of aliphatic hydroxyl groups excluding tert-OH is 20. The molecule has 7 aliphatic heterocycles. The molecule has 7 rings (SSSR count). The molecule has 1 unspecified atom stereocenters. The quantitative estimate of drug-likeness (QED) is 0.0682. The van der Waals surface area contributed by atoms with E-state index in [2.05, 4.69) is 0 Å². The Morgan fingerprint density at radius 1 is 0.329 bits per heavy atom. The molecule has 7 saturated heterocycles. The van der Waals surface area contributed by atoms with Crippen molar-refractivity contribution in [2.75, 3.05) is 39.6 Å². The summed E-state index contributed by atoms with van der Waals surface area (Å²) < 4.78 is 73.5. The van der Waals surface area contributed by atoms with Gasteiger partial charge in [0.25, 0.3) is 0 Å². The molecule has 33 atom stereocenters. The predicted molar refractivity (Wildman–Crippen MR) is 218 cm³/mol. The number of rotatable bonds is 16. The lowest BCUT2D eigenvalue weighted by Crippen LogP contribution is -2.67. The van der Waals surface area contributed by atoms with Crippen molar-refractivity contribution in [3.05, 3.63) is 0 Å². The molecule has 0 amide bonds. The molecule has 0 aromatic rings. The first-order chi connectivity index (χ1) is 34.5. The molecule has 0 bridgehead atoms. The van der Waals surface area contributed by atoms with Crippen LogP contribution in [0, 0.1) is 0 Å². The first-order valence-electron chi connectivity index (χ1n) is 23.3. The molecule has 7 heterocycles. The molecule has 0 aliphatic carbocycles. The topological polar surface area (TPSA) is 525 Å². The summed E-state index contributed by atoms with van der Waals surface area (Å²) >= 11 is 0. The minimum Gasteiger partial charge on any atom is -0.394 e. The van der Waals surface area contributed by atoms with Gasteiger partial charge in [0.2, 0.25) is 0 Å². The molecule has 7 fully saturated rings. The average molecular weight is 1080 g/mol. The summed E-state index contributed by atoms with van der Waals surface area (Å²) in [5, 5.41) is 212. The van der Waals surface area contributed by atoms with Gasteiger partial charge in [0.05, 0.1) is 45.7 Å². The number of hydrogen-bond acceptors (Lipinski definition) is 33. The fourth-order valence-electron chi connectivity index (χ4n) is 9.14. The van der Waals surface area contributed by atoms with Crippen molar-refractivity contribution in [2.45, 2.75) is 210 Å². The minimum absolute atomic E-state index is 0.479. The molecule has 0 radical (unpaired) electrons. The van der Waals surface area contributed by atoms with Crippen LogP contribution in [0.4, 0.5) is 0 Å². The first-order valence-corrected chi connectivity index (χ1v) is 23.3. The fraction of sp³-hybridized carbons (Fsp3) is 1.00. The average Bonchev–Trinajstić information content (AvgIpc) is 3.37. The Morgan fingerprint density at radius 2 is 0.740 bits per heavy atom. The van der Waals surface area contributed by atoms with Crippen LogP contribution in [0.25, 0.3) is 0 Å². The maximum atomic E-state index is 11.7. The summed E-state index contributed by atoms with van der Waals surface area (Å²) in [6.45, 7) is -3.44. The SMILES string of the molecule is C[C@@H]1O[C@@H](O[C@H]2[C@H](O[C@H]3[C@@H](OC[C@H]4O[C@@H](O[C@H]5[C@H](O)[C@@H](O)C(O)O[C@@H]5CO)[C@H](O)[C@@H](O)[C@@H]4O[C@@H]4O[C@H](CO[C@H]5OC[C@@H](O)[C@H](O)[C@H]5O)[C@@H](O)[C@H](O)[C@H]4O)OC[C@@H](O)[C@@H]3O)O[C@H](CO)[C@H](O)[C@@H]2O)[C@@H](O)[C@H](O)[C@@H]1O. The van der Waals surface area contributed by atoms with Gasteiger partial charge in [-0.15, -0.1) is 0 Å². The highest BCUT2D eigenvalue weighted by Gasteiger charge is 2.56. The molecule has 7 aliphatic rings. The van der Waals surface area contributed by atoms with Crippen LogP contribution in [-0.2, 0) is 61.6 Å². The summed E-state index contributed by atoms with van der Waals surface area (Å²) in [5.41, 5.74) is 0. The van der Waals surface area contributed by atoms with Crippen molar-refractivity contribution in [3.8, 4) is 0 Å². The molecule has 0 spiro atoms. The van der Waals surface area contributed by atoms with Crippen LogP contribution in [0.5, 0.6) is 0 Å². The zero-order valence-electron chi connectivity index (χ0n) is 38.5. The first kappa shape index (κ1) is 59.3. The van der Waals surface area contributed by atoms with Gasteiger partial charge in [-0.25, -0.2) is 0 Å². The Morgan fingerprint density at radius 3 is 1.37 bits per heavy atom. The number of hydrogen-bond donors (Lipinski definition) is 20. The maximum absolute atomic E-state index is 11.7. The highest BCUT2D eigenvalue weighted by Crippen LogP contribution is 2.36. The van der Waals surface area contributed by atoms with Crippen molar-refractivity contribution in [1.29, 1.82) is 0 Å². The van der Waals surface area contributed by atoms with E-state index in [1.807, 2.05) is 0 Å². The van der Waals surface area contributed by atoms with E-state index in [4.69, 9.17) is 61.6 Å². The summed E-state index contributed by atoms with van der Waals surface area (Å²) in [7, 11) is 0. The van der Waals surface area contributed by atoms with Crippen LogP contribution in [0.15, 0.2) is 0 Å². The largest absolute Gasteiger partial charge is 0.394 e. The smallest absolute Gasteiger partial charge is 0.187 e. The van der Waals surface area contributed by atoms with E-state index in [0.29, 0.717) is 0 Å². The van der Waals surface area contributed by atoms with Gasteiger partial charge in [-0.3, -0.25) is 0 Å².